The van der Waals surface area contributed by atoms with Gasteiger partial charge in [-0.1, -0.05) is 28.1 Å². The van der Waals surface area contributed by atoms with Crippen LogP contribution in [0.3, 0.4) is 0 Å². The SMILES string of the molecule is CC1CCCN1C(C)c1ccc(Br)cc1. The zero-order valence-corrected chi connectivity index (χ0v) is 11.0. The van der Waals surface area contributed by atoms with E-state index < -0.39 is 0 Å². The highest BCUT2D eigenvalue weighted by molar-refractivity contribution is 9.10. The maximum absolute atomic E-state index is 3.48. The van der Waals surface area contributed by atoms with Gasteiger partial charge < -0.3 is 0 Å². The number of nitrogens with zero attached hydrogens (tertiary/aromatic N) is 1. The molecular formula is C13H18BrN. The van der Waals surface area contributed by atoms with Crippen molar-refractivity contribution in [3.63, 3.8) is 0 Å². The summed E-state index contributed by atoms with van der Waals surface area (Å²) in [7, 11) is 0. The molecule has 1 aliphatic rings. The second kappa shape index (κ2) is 4.67. The van der Waals surface area contributed by atoms with Crippen molar-refractivity contribution < 1.29 is 0 Å². The van der Waals surface area contributed by atoms with Crippen LogP contribution in [-0.2, 0) is 0 Å². The minimum atomic E-state index is 0.551. The molecule has 1 heterocycles. The third-order valence-electron chi connectivity index (χ3n) is 3.45. The monoisotopic (exact) mass is 267 g/mol. The quantitative estimate of drug-likeness (QED) is 0.783. The standard InChI is InChI=1S/C13H18BrN/c1-10-4-3-9-15(10)11(2)12-5-7-13(14)8-6-12/h5-8,10-11H,3-4,9H2,1-2H3. The van der Waals surface area contributed by atoms with Crippen molar-refractivity contribution in [3.8, 4) is 0 Å². The predicted octanol–water partition coefficient (Wildman–Crippen LogP) is 3.99. The first kappa shape index (κ1) is 11.2. The van der Waals surface area contributed by atoms with Crippen LogP contribution < -0.4 is 0 Å². The van der Waals surface area contributed by atoms with Gasteiger partial charge in [0.2, 0.25) is 0 Å². The number of hydrogen-bond donors (Lipinski definition) is 0. The molecule has 15 heavy (non-hydrogen) atoms. The number of likely N-dealkylation sites (tertiary alicyclic amines) is 1. The Bertz CT molecular complexity index is 320. The molecule has 2 unspecified atom stereocenters. The summed E-state index contributed by atoms with van der Waals surface area (Å²) in [6.45, 7) is 5.89. The summed E-state index contributed by atoms with van der Waals surface area (Å²) in [4.78, 5) is 2.60. The second-order valence-corrected chi connectivity index (χ2v) is 5.37. The van der Waals surface area contributed by atoms with E-state index in [-0.39, 0.29) is 0 Å². The molecule has 0 bridgehead atoms. The van der Waals surface area contributed by atoms with Crippen molar-refractivity contribution in [2.24, 2.45) is 0 Å². The highest BCUT2D eigenvalue weighted by Crippen LogP contribution is 2.29. The van der Waals surface area contributed by atoms with Crippen molar-refractivity contribution >= 4 is 15.9 Å². The van der Waals surface area contributed by atoms with Gasteiger partial charge in [0, 0.05) is 16.6 Å². The molecule has 2 heteroatoms. The lowest BCUT2D eigenvalue weighted by Gasteiger charge is -2.28. The molecule has 0 radical (unpaired) electrons. The van der Waals surface area contributed by atoms with E-state index in [1.807, 2.05) is 0 Å². The smallest absolute Gasteiger partial charge is 0.0322 e. The Kier molecular flexibility index (Phi) is 3.47. The molecule has 2 atom stereocenters. The third-order valence-corrected chi connectivity index (χ3v) is 3.98. The molecule has 0 spiro atoms. The Balaban J connectivity index is 2.13. The summed E-state index contributed by atoms with van der Waals surface area (Å²) < 4.78 is 1.16. The van der Waals surface area contributed by atoms with Crippen molar-refractivity contribution in [3.05, 3.63) is 34.3 Å². The van der Waals surface area contributed by atoms with Gasteiger partial charge in [-0.15, -0.1) is 0 Å². The average Bonchev–Trinajstić information content (AvgIpc) is 2.65. The van der Waals surface area contributed by atoms with E-state index >= 15 is 0 Å². The highest BCUT2D eigenvalue weighted by atomic mass is 79.9. The molecule has 0 saturated carbocycles. The van der Waals surface area contributed by atoms with Gasteiger partial charge in [0.05, 0.1) is 0 Å². The first-order chi connectivity index (χ1) is 7.18. The lowest BCUT2D eigenvalue weighted by molar-refractivity contribution is 0.204. The van der Waals surface area contributed by atoms with Crippen LogP contribution in [0.15, 0.2) is 28.7 Å². The van der Waals surface area contributed by atoms with E-state index in [0.29, 0.717) is 6.04 Å². The number of hydrogen-bond acceptors (Lipinski definition) is 1. The molecule has 0 aromatic heterocycles. The van der Waals surface area contributed by atoms with Gasteiger partial charge in [0.15, 0.2) is 0 Å². The van der Waals surface area contributed by atoms with Gasteiger partial charge in [-0.2, -0.15) is 0 Å². The summed E-state index contributed by atoms with van der Waals surface area (Å²) in [5.74, 6) is 0. The Morgan fingerprint density at radius 3 is 2.53 bits per heavy atom. The van der Waals surface area contributed by atoms with Crippen LogP contribution in [0, 0.1) is 0 Å². The normalized spacial score (nSPS) is 24.3. The Morgan fingerprint density at radius 2 is 2.00 bits per heavy atom. The Hall–Kier alpha value is -0.340. The first-order valence-electron chi connectivity index (χ1n) is 5.69. The maximum Gasteiger partial charge on any atom is 0.0322 e. The summed E-state index contributed by atoms with van der Waals surface area (Å²) in [6.07, 6.45) is 2.70. The predicted molar refractivity (Wildman–Crippen MR) is 68.0 cm³/mol. The van der Waals surface area contributed by atoms with Crippen molar-refractivity contribution in [1.29, 1.82) is 0 Å². The van der Waals surface area contributed by atoms with Crippen LogP contribution in [0.2, 0.25) is 0 Å². The summed E-state index contributed by atoms with van der Waals surface area (Å²) in [5.41, 5.74) is 1.42. The molecule has 0 aliphatic carbocycles. The number of rotatable bonds is 2. The Morgan fingerprint density at radius 1 is 1.33 bits per heavy atom. The third kappa shape index (κ3) is 2.43. The van der Waals surface area contributed by atoms with Gasteiger partial charge in [-0.3, -0.25) is 4.90 Å². The molecule has 1 fully saturated rings. The largest absolute Gasteiger partial charge is 0.294 e. The van der Waals surface area contributed by atoms with Crippen LogP contribution in [-0.4, -0.2) is 17.5 Å². The van der Waals surface area contributed by atoms with Crippen molar-refractivity contribution in [1.82, 2.24) is 4.90 Å². The van der Waals surface area contributed by atoms with Gasteiger partial charge in [0.25, 0.3) is 0 Å². The van der Waals surface area contributed by atoms with E-state index in [2.05, 4.69) is 58.9 Å². The molecule has 0 amide bonds. The second-order valence-electron chi connectivity index (χ2n) is 4.46. The summed E-state index contributed by atoms with van der Waals surface area (Å²) >= 11 is 3.48. The molecule has 82 valence electrons. The molecule has 1 aromatic rings. The minimum absolute atomic E-state index is 0.551. The van der Waals surface area contributed by atoms with E-state index in [9.17, 15) is 0 Å². The van der Waals surface area contributed by atoms with Crippen LogP contribution in [0.25, 0.3) is 0 Å². The maximum atomic E-state index is 3.48. The van der Waals surface area contributed by atoms with Crippen LogP contribution in [0.5, 0.6) is 0 Å². The molecule has 1 nitrogen and oxygen atoms in total. The lowest BCUT2D eigenvalue weighted by Crippen LogP contribution is -2.29. The Labute approximate surface area is 101 Å². The van der Waals surface area contributed by atoms with Crippen LogP contribution >= 0.6 is 15.9 Å². The van der Waals surface area contributed by atoms with Gasteiger partial charge in [-0.25, -0.2) is 0 Å². The molecule has 2 rings (SSSR count). The number of halogens is 1. The average molecular weight is 268 g/mol. The minimum Gasteiger partial charge on any atom is -0.294 e. The van der Waals surface area contributed by atoms with Crippen LogP contribution in [0.1, 0.15) is 38.3 Å². The van der Waals surface area contributed by atoms with E-state index in [1.165, 1.54) is 24.9 Å². The molecule has 1 aromatic carbocycles. The van der Waals surface area contributed by atoms with Gasteiger partial charge in [-0.05, 0) is 50.9 Å². The van der Waals surface area contributed by atoms with Gasteiger partial charge >= 0.3 is 0 Å². The zero-order chi connectivity index (χ0) is 10.8. The van der Waals surface area contributed by atoms with E-state index in [4.69, 9.17) is 0 Å². The summed E-state index contributed by atoms with van der Waals surface area (Å²) in [5, 5.41) is 0. The highest BCUT2D eigenvalue weighted by Gasteiger charge is 2.25. The number of benzene rings is 1. The first-order valence-corrected chi connectivity index (χ1v) is 6.49. The van der Waals surface area contributed by atoms with E-state index in [1.54, 1.807) is 0 Å². The fourth-order valence-electron chi connectivity index (χ4n) is 2.46. The molecule has 0 N–H and O–H groups in total. The zero-order valence-electron chi connectivity index (χ0n) is 9.41. The summed E-state index contributed by atoms with van der Waals surface area (Å²) in [6, 6.07) is 10.00. The topological polar surface area (TPSA) is 3.24 Å². The molecule has 1 aliphatic heterocycles. The van der Waals surface area contributed by atoms with Crippen molar-refractivity contribution in [2.75, 3.05) is 6.54 Å². The van der Waals surface area contributed by atoms with Crippen LogP contribution in [0.4, 0.5) is 0 Å². The fourth-order valence-corrected chi connectivity index (χ4v) is 2.73. The van der Waals surface area contributed by atoms with Gasteiger partial charge in [0.1, 0.15) is 0 Å². The fraction of sp³-hybridized carbons (Fsp3) is 0.538. The lowest BCUT2D eigenvalue weighted by atomic mass is 10.1. The van der Waals surface area contributed by atoms with Crippen molar-refractivity contribution in [2.45, 2.75) is 38.8 Å². The molecular weight excluding hydrogens is 250 g/mol. The molecule has 1 saturated heterocycles. The van der Waals surface area contributed by atoms with E-state index in [0.717, 1.165) is 10.5 Å².